The van der Waals surface area contributed by atoms with E-state index < -0.39 is 17.6 Å². The number of rotatable bonds is 2. The molecular weight excluding hydrogens is 283 g/mol. The van der Waals surface area contributed by atoms with Gasteiger partial charge in [-0.3, -0.25) is 10.6 Å². The summed E-state index contributed by atoms with van der Waals surface area (Å²) >= 11 is 0. The van der Waals surface area contributed by atoms with Gasteiger partial charge in [0.05, 0.1) is 16.8 Å². The SMILES string of the molecule is NNc1c(C(=O)N2CCCCCC2)cccc1C(F)(F)F. The number of para-hydroxylation sites is 1. The Kier molecular flexibility index (Phi) is 4.72. The Labute approximate surface area is 121 Å². The Balaban J connectivity index is 2.36. The van der Waals surface area contributed by atoms with Crippen molar-refractivity contribution in [1.82, 2.24) is 4.90 Å². The van der Waals surface area contributed by atoms with Gasteiger partial charge < -0.3 is 10.3 Å². The van der Waals surface area contributed by atoms with E-state index in [2.05, 4.69) is 0 Å². The molecule has 7 heteroatoms. The summed E-state index contributed by atoms with van der Waals surface area (Å²) < 4.78 is 38.9. The van der Waals surface area contributed by atoms with E-state index in [4.69, 9.17) is 5.84 Å². The van der Waals surface area contributed by atoms with E-state index in [9.17, 15) is 18.0 Å². The summed E-state index contributed by atoms with van der Waals surface area (Å²) in [5.74, 6) is 4.82. The molecule has 116 valence electrons. The minimum absolute atomic E-state index is 0.0331. The summed E-state index contributed by atoms with van der Waals surface area (Å²) in [5, 5.41) is 0. The van der Waals surface area contributed by atoms with Gasteiger partial charge >= 0.3 is 6.18 Å². The van der Waals surface area contributed by atoms with Crippen LogP contribution >= 0.6 is 0 Å². The summed E-state index contributed by atoms with van der Waals surface area (Å²) in [6.07, 6.45) is -0.744. The van der Waals surface area contributed by atoms with Crippen molar-refractivity contribution in [3.8, 4) is 0 Å². The molecule has 0 spiro atoms. The van der Waals surface area contributed by atoms with Gasteiger partial charge in [-0.25, -0.2) is 0 Å². The molecule has 1 saturated heterocycles. The van der Waals surface area contributed by atoms with Crippen molar-refractivity contribution in [2.45, 2.75) is 31.9 Å². The average molecular weight is 301 g/mol. The third-order valence-corrected chi connectivity index (χ3v) is 3.64. The van der Waals surface area contributed by atoms with E-state index in [1.54, 1.807) is 4.90 Å². The van der Waals surface area contributed by atoms with Crippen molar-refractivity contribution in [3.63, 3.8) is 0 Å². The Morgan fingerprint density at radius 2 is 1.76 bits per heavy atom. The third-order valence-electron chi connectivity index (χ3n) is 3.64. The molecule has 1 heterocycles. The lowest BCUT2D eigenvalue weighted by atomic mass is 10.1. The van der Waals surface area contributed by atoms with Crippen LogP contribution in [-0.2, 0) is 6.18 Å². The molecule has 2 rings (SSSR count). The Hall–Kier alpha value is -1.76. The normalized spacial score (nSPS) is 16.5. The lowest BCUT2D eigenvalue weighted by Gasteiger charge is -2.23. The van der Waals surface area contributed by atoms with Crippen molar-refractivity contribution in [3.05, 3.63) is 29.3 Å². The number of nitrogens with one attached hydrogen (secondary N) is 1. The number of hydrogen-bond donors (Lipinski definition) is 2. The highest BCUT2D eigenvalue weighted by Gasteiger charge is 2.35. The van der Waals surface area contributed by atoms with E-state index in [1.807, 2.05) is 5.43 Å². The molecule has 1 aromatic rings. The van der Waals surface area contributed by atoms with Crippen LogP contribution in [-0.4, -0.2) is 23.9 Å². The molecule has 0 aromatic heterocycles. The second kappa shape index (κ2) is 6.34. The standard InChI is InChI=1S/C14H18F3N3O/c15-14(16,17)11-7-5-6-10(12(11)19-18)13(21)20-8-3-1-2-4-9-20/h5-7,19H,1-4,8-9,18H2. The van der Waals surface area contributed by atoms with Gasteiger partial charge in [0.1, 0.15) is 0 Å². The van der Waals surface area contributed by atoms with Crippen molar-refractivity contribution in [1.29, 1.82) is 0 Å². The fraction of sp³-hybridized carbons (Fsp3) is 0.500. The van der Waals surface area contributed by atoms with Crippen LogP contribution in [0.2, 0.25) is 0 Å². The molecule has 0 aliphatic carbocycles. The monoisotopic (exact) mass is 301 g/mol. The molecule has 1 amide bonds. The van der Waals surface area contributed by atoms with Crippen LogP contribution in [0.15, 0.2) is 18.2 Å². The van der Waals surface area contributed by atoms with Crippen molar-refractivity contribution in [2.24, 2.45) is 5.84 Å². The number of likely N-dealkylation sites (tertiary alicyclic amines) is 1. The number of hydrazine groups is 1. The van der Waals surface area contributed by atoms with E-state index in [0.717, 1.165) is 31.7 Å². The molecule has 1 aliphatic rings. The Morgan fingerprint density at radius 1 is 1.14 bits per heavy atom. The lowest BCUT2D eigenvalue weighted by Crippen LogP contribution is -2.33. The van der Waals surface area contributed by atoms with Gasteiger partial charge in [0.2, 0.25) is 0 Å². The number of alkyl halides is 3. The van der Waals surface area contributed by atoms with Crippen molar-refractivity contribution in [2.75, 3.05) is 18.5 Å². The predicted octanol–water partition coefficient (Wildman–Crippen LogP) is 3.01. The summed E-state index contributed by atoms with van der Waals surface area (Å²) in [6.45, 7) is 1.14. The zero-order valence-corrected chi connectivity index (χ0v) is 11.5. The highest BCUT2D eigenvalue weighted by Crippen LogP contribution is 2.36. The second-order valence-corrected chi connectivity index (χ2v) is 5.08. The maximum absolute atomic E-state index is 13.0. The smallest absolute Gasteiger partial charge is 0.339 e. The first-order valence-electron chi connectivity index (χ1n) is 6.91. The van der Waals surface area contributed by atoms with Crippen LogP contribution < -0.4 is 11.3 Å². The first kappa shape index (κ1) is 15.6. The van der Waals surface area contributed by atoms with Crippen LogP contribution in [0.5, 0.6) is 0 Å². The largest absolute Gasteiger partial charge is 0.418 e. The van der Waals surface area contributed by atoms with Gasteiger partial charge in [0.15, 0.2) is 0 Å². The molecule has 1 aromatic carbocycles. The number of hydrogen-bond acceptors (Lipinski definition) is 3. The highest BCUT2D eigenvalue weighted by molar-refractivity contribution is 6.00. The topological polar surface area (TPSA) is 58.4 Å². The molecule has 21 heavy (non-hydrogen) atoms. The zero-order valence-electron chi connectivity index (χ0n) is 11.5. The lowest BCUT2D eigenvalue weighted by molar-refractivity contribution is -0.137. The molecular formula is C14H18F3N3O. The molecule has 0 saturated carbocycles. The molecule has 3 N–H and O–H groups in total. The third kappa shape index (κ3) is 3.47. The molecule has 4 nitrogen and oxygen atoms in total. The van der Waals surface area contributed by atoms with E-state index in [1.165, 1.54) is 12.1 Å². The Bertz CT molecular complexity index is 509. The summed E-state index contributed by atoms with van der Waals surface area (Å²) in [4.78, 5) is 14.1. The second-order valence-electron chi connectivity index (χ2n) is 5.08. The van der Waals surface area contributed by atoms with Crippen molar-refractivity contribution < 1.29 is 18.0 Å². The number of nitrogens with two attached hydrogens (primary N) is 1. The molecule has 0 radical (unpaired) electrons. The van der Waals surface area contributed by atoms with Crippen LogP contribution in [0.1, 0.15) is 41.6 Å². The van der Waals surface area contributed by atoms with Gasteiger partial charge in [0.25, 0.3) is 5.91 Å². The maximum Gasteiger partial charge on any atom is 0.418 e. The minimum Gasteiger partial charge on any atom is -0.339 e. The van der Waals surface area contributed by atoms with Gasteiger partial charge in [-0.15, -0.1) is 0 Å². The number of anilines is 1. The molecule has 0 bridgehead atoms. The van der Waals surface area contributed by atoms with E-state index >= 15 is 0 Å². The molecule has 1 aliphatic heterocycles. The fourth-order valence-electron chi connectivity index (χ4n) is 2.57. The molecule has 0 atom stereocenters. The summed E-state index contributed by atoms with van der Waals surface area (Å²) in [6, 6.07) is 3.51. The molecule has 0 unspecified atom stereocenters. The number of nitrogen functional groups attached to an aromatic ring is 1. The number of benzene rings is 1. The number of nitrogens with zero attached hydrogens (tertiary/aromatic N) is 1. The van der Waals surface area contributed by atoms with Crippen LogP contribution in [0.3, 0.4) is 0 Å². The van der Waals surface area contributed by atoms with Crippen LogP contribution in [0, 0.1) is 0 Å². The minimum atomic E-state index is -4.56. The van der Waals surface area contributed by atoms with Gasteiger partial charge in [-0.2, -0.15) is 13.2 Å². The Morgan fingerprint density at radius 3 is 2.29 bits per heavy atom. The average Bonchev–Trinajstić information content (AvgIpc) is 2.73. The maximum atomic E-state index is 13.0. The van der Waals surface area contributed by atoms with Gasteiger partial charge in [-0.1, -0.05) is 18.9 Å². The van der Waals surface area contributed by atoms with E-state index in [0.29, 0.717) is 13.1 Å². The zero-order chi connectivity index (χ0) is 15.5. The van der Waals surface area contributed by atoms with Crippen LogP contribution in [0.4, 0.5) is 18.9 Å². The van der Waals surface area contributed by atoms with E-state index in [-0.39, 0.29) is 11.3 Å². The summed E-state index contributed by atoms with van der Waals surface area (Å²) in [5.41, 5.74) is 0.719. The first-order chi connectivity index (χ1) is 9.95. The number of halogens is 3. The van der Waals surface area contributed by atoms with Gasteiger partial charge in [-0.05, 0) is 25.0 Å². The summed E-state index contributed by atoms with van der Waals surface area (Å²) in [7, 11) is 0. The van der Waals surface area contributed by atoms with Crippen molar-refractivity contribution >= 4 is 11.6 Å². The van der Waals surface area contributed by atoms with Gasteiger partial charge in [0, 0.05) is 13.1 Å². The quantitative estimate of drug-likeness (QED) is 0.652. The van der Waals surface area contributed by atoms with Crippen LogP contribution in [0.25, 0.3) is 0 Å². The predicted molar refractivity (Wildman–Crippen MR) is 73.6 cm³/mol. The number of amides is 1. The molecule has 1 fully saturated rings. The fourth-order valence-corrected chi connectivity index (χ4v) is 2.57. The first-order valence-corrected chi connectivity index (χ1v) is 6.91. The number of carbonyl (C=O) groups is 1. The highest BCUT2D eigenvalue weighted by atomic mass is 19.4. The number of carbonyl (C=O) groups excluding carboxylic acids is 1.